The van der Waals surface area contributed by atoms with Gasteiger partial charge in [0.15, 0.2) is 0 Å². The molecule has 1 fully saturated rings. The van der Waals surface area contributed by atoms with Crippen molar-refractivity contribution in [3.05, 3.63) is 51.2 Å². The molecule has 5 nitrogen and oxygen atoms in total. The number of anilines is 1. The minimum Gasteiger partial charge on any atom is -0.372 e. The molecule has 0 radical (unpaired) electrons. The zero-order valence-corrected chi connectivity index (χ0v) is 15.6. The van der Waals surface area contributed by atoms with Gasteiger partial charge < -0.3 is 15.0 Å². The molecular weight excluding hydrogens is 348 g/mol. The molecule has 2 aliphatic rings. The molecule has 1 saturated heterocycles. The number of thiophene rings is 1. The third-order valence-electron chi connectivity index (χ3n) is 5.03. The lowest BCUT2D eigenvalue weighted by atomic mass is 10.1. The number of rotatable bonds is 4. The highest BCUT2D eigenvalue weighted by Crippen LogP contribution is 2.36. The first-order valence-electron chi connectivity index (χ1n) is 9.06. The lowest BCUT2D eigenvalue weighted by molar-refractivity contribution is -0.131. The lowest BCUT2D eigenvalue weighted by Gasteiger charge is -2.23. The second kappa shape index (κ2) is 7.21. The molecule has 4 rings (SSSR count). The van der Waals surface area contributed by atoms with Crippen molar-refractivity contribution in [1.82, 2.24) is 4.90 Å². The molecule has 2 amide bonds. The van der Waals surface area contributed by atoms with E-state index in [-0.39, 0.29) is 17.9 Å². The van der Waals surface area contributed by atoms with E-state index < -0.39 is 0 Å². The Balaban J connectivity index is 1.47. The molecule has 2 aromatic rings. The van der Waals surface area contributed by atoms with Crippen molar-refractivity contribution in [3.63, 3.8) is 0 Å². The quantitative estimate of drug-likeness (QED) is 0.881. The number of nitrogens with one attached hydrogen (secondary N) is 1. The number of hydrogen-bond donors (Lipinski definition) is 1. The summed E-state index contributed by atoms with van der Waals surface area (Å²) in [6.07, 6.45) is 2.52. The number of fused-ring (bicyclic) bond motifs is 1. The molecule has 3 heterocycles. The Hall–Kier alpha value is -2.18. The van der Waals surface area contributed by atoms with Crippen LogP contribution in [-0.4, -0.2) is 23.3 Å². The summed E-state index contributed by atoms with van der Waals surface area (Å²) in [6.45, 7) is 3.96. The molecule has 0 bridgehead atoms. The Bertz CT molecular complexity index is 845. The third kappa shape index (κ3) is 3.27. The van der Waals surface area contributed by atoms with Gasteiger partial charge >= 0.3 is 0 Å². The summed E-state index contributed by atoms with van der Waals surface area (Å²) in [5, 5.41) is 2.97. The minimum atomic E-state index is -0.105. The first-order chi connectivity index (χ1) is 12.7. The largest absolute Gasteiger partial charge is 0.372 e. The van der Waals surface area contributed by atoms with E-state index in [1.807, 2.05) is 42.2 Å². The van der Waals surface area contributed by atoms with Gasteiger partial charge in [-0.3, -0.25) is 9.59 Å². The maximum Gasteiger partial charge on any atom is 0.265 e. The van der Waals surface area contributed by atoms with Gasteiger partial charge in [0, 0.05) is 23.5 Å². The summed E-state index contributed by atoms with van der Waals surface area (Å²) in [6, 6.07) is 9.86. The van der Waals surface area contributed by atoms with Crippen LogP contribution in [0.4, 0.5) is 5.69 Å². The third-order valence-corrected chi connectivity index (χ3v) is 6.22. The summed E-state index contributed by atoms with van der Waals surface area (Å²) in [4.78, 5) is 28.4. The first-order valence-corrected chi connectivity index (χ1v) is 9.87. The van der Waals surface area contributed by atoms with Crippen molar-refractivity contribution < 1.29 is 14.3 Å². The van der Waals surface area contributed by atoms with E-state index in [1.54, 1.807) is 0 Å². The van der Waals surface area contributed by atoms with Gasteiger partial charge in [-0.15, -0.1) is 11.3 Å². The molecule has 26 heavy (non-hydrogen) atoms. The van der Waals surface area contributed by atoms with Gasteiger partial charge in [0.2, 0.25) is 5.91 Å². The Morgan fingerprint density at radius 1 is 1.23 bits per heavy atom. The van der Waals surface area contributed by atoms with E-state index in [1.165, 1.54) is 16.9 Å². The highest BCUT2D eigenvalue weighted by molar-refractivity contribution is 7.14. The van der Waals surface area contributed by atoms with Gasteiger partial charge in [-0.25, -0.2) is 0 Å². The van der Waals surface area contributed by atoms with Gasteiger partial charge in [0.05, 0.1) is 24.1 Å². The van der Waals surface area contributed by atoms with Crippen LogP contribution in [0.15, 0.2) is 30.3 Å². The summed E-state index contributed by atoms with van der Waals surface area (Å²) in [7, 11) is 0. The van der Waals surface area contributed by atoms with Crippen LogP contribution < -0.4 is 5.32 Å². The molecule has 2 aliphatic heterocycles. The van der Waals surface area contributed by atoms with Crippen LogP contribution >= 0.6 is 11.3 Å². The second-order valence-corrected chi connectivity index (χ2v) is 7.85. The van der Waals surface area contributed by atoms with Crippen molar-refractivity contribution in [1.29, 1.82) is 0 Å². The number of carbonyl (C=O) groups excluding carboxylic acids is 2. The van der Waals surface area contributed by atoms with Crippen molar-refractivity contribution in [2.45, 2.75) is 45.4 Å². The SMILES string of the molecule is CCC(=O)N1CCCC1c1ccc(C(=O)Nc2ccc3c(c2)COC3)s1. The molecule has 6 heteroatoms. The summed E-state index contributed by atoms with van der Waals surface area (Å²) < 4.78 is 5.42. The van der Waals surface area contributed by atoms with Crippen LogP contribution in [0.5, 0.6) is 0 Å². The predicted octanol–water partition coefficient (Wildman–Crippen LogP) is 4.10. The van der Waals surface area contributed by atoms with E-state index in [4.69, 9.17) is 4.74 Å². The molecule has 1 unspecified atom stereocenters. The number of carbonyl (C=O) groups is 2. The zero-order chi connectivity index (χ0) is 18.1. The maximum absolute atomic E-state index is 12.6. The molecular formula is C20H22N2O3S. The summed E-state index contributed by atoms with van der Waals surface area (Å²) in [5.41, 5.74) is 3.11. The second-order valence-electron chi connectivity index (χ2n) is 6.73. The maximum atomic E-state index is 12.6. The van der Waals surface area contributed by atoms with E-state index in [2.05, 4.69) is 5.32 Å². The van der Waals surface area contributed by atoms with Gasteiger partial charge in [0.1, 0.15) is 0 Å². The molecule has 1 aromatic carbocycles. The van der Waals surface area contributed by atoms with E-state index in [0.717, 1.165) is 35.5 Å². The smallest absolute Gasteiger partial charge is 0.265 e. The Morgan fingerprint density at radius 3 is 2.92 bits per heavy atom. The molecule has 1 atom stereocenters. The topological polar surface area (TPSA) is 58.6 Å². The molecule has 0 aliphatic carbocycles. The summed E-state index contributed by atoms with van der Waals surface area (Å²) >= 11 is 1.48. The first kappa shape index (κ1) is 17.2. The van der Waals surface area contributed by atoms with E-state index in [9.17, 15) is 9.59 Å². The average Bonchev–Trinajstić information content (AvgIpc) is 3.38. The van der Waals surface area contributed by atoms with Crippen molar-refractivity contribution in [2.75, 3.05) is 11.9 Å². The van der Waals surface area contributed by atoms with Gasteiger partial charge in [-0.1, -0.05) is 13.0 Å². The summed E-state index contributed by atoms with van der Waals surface area (Å²) in [5.74, 6) is 0.0822. The Morgan fingerprint density at radius 2 is 2.08 bits per heavy atom. The van der Waals surface area contributed by atoms with E-state index >= 15 is 0 Å². The monoisotopic (exact) mass is 370 g/mol. The normalized spacial score (nSPS) is 18.8. The molecule has 0 spiro atoms. The number of nitrogens with zero attached hydrogens (tertiary/aromatic N) is 1. The number of ether oxygens (including phenoxy) is 1. The van der Waals surface area contributed by atoms with Crippen molar-refractivity contribution >= 4 is 28.8 Å². The van der Waals surface area contributed by atoms with Crippen LogP contribution in [0.3, 0.4) is 0 Å². The molecule has 0 saturated carbocycles. The predicted molar refractivity (Wildman–Crippen MR) is 101 cm³/mol. The van der Waals surface area contributed by atoms with Gasteiger partial charge in [-0.2, -0.15) is 0 Å². The van der Waals surface area contributed by atoms with Crippen LogP contribution in [0.25, 0.3) is 0 Å². The number of likely N-dealkylation sites (tertiary alicyclic amines) is 1. The Kier molecular flexibility index (Phi) is 4.78. The van der Waals surface area contributed by atoms with Crippen LogP contribution in [0.2, 0.25) is 0 Å². The van der Waals surface area contributed by atoms with Crippen LogP contribution in [0.1, 0.15) is 57.9 Å². The molecule has 1 N–H and O–H groups in total. The lowest BCUT2D eigenvalue weighted by Crippen LogP contribution is -2.29. The van der Waals surface area contributed by atoms with Crippen molar-refractivity contribution in [3.8, 4) is 0 Å². The molecule has 136 valence electrons. The average molecular weight is 370 g/mol. The van der Waals surface area contributed by atoms with Crippen LogP contribution in [0, 0.1) is 0 Å². The fourth-order valence-corrected chi connectivity index (χ4v) is 4.71. The highest BCUT2D eigenvalue weighted by Gasteiger charge is 2.30. The number of benzene rings is 1. The van der Waals surface area contributed by atoms with E-state index in [0.29, 0.717) is 24.5 Å². The van der Waals surface area contributed by atoms with Gasteiger partial charge in [0.25, 0.3) is 5.91 Å². The number of amides is 2. The Labute approximate surface area is 157 Å². The fourth-order valence-electron chi connectivity index (χ4n) is 3.66. The zero-order valence-electron chi connectivity index (χ0n) is 14.8. The highest BCUT2D eigenvalue weighted by atomic mass is 32.1. The molecule has 1 aromatic heterocycles. The van der Waals surface area contributed by atoms with Crippen molar-refractivity contribution in [2.24, 2.45) is 0 Å². The minimum absolute atomic E-state index is 0.105. The fraction of sp³-hybridized carbons (Fsp3) is 0.400. The number of hydrogen-bond acceptors (Lipinski definition) is 4. The van der Waals surface area contributed by atoms with Gasteiger partial charge in [-0.05, 0) is 48.2 Å². The van der Waals surface area contributed by atoms with Crippen LogP contribution in [-0.2, 0) is 22.7 Å². The standard InChI is InChI=1S/C20H22N2O3S/c1-2-19(23)22-9-3-4-16(22)17-7-8-18(26-17)20(24)21-15-6-5-13-11-25-12-14(13)10-15/h5-8,10,16H,2-4,9,11-12H2,1H3,(H,21,24).